The van der Waals surface area contributed by atoms with Gasteiger partial charge in [0.15, 0.2) is 0 Å². The summed E-state index contributed by atoms with van der Waals surface area (Å²) in [6.07, 6.45) is 0.366. The Hall–Kier alpha value is 0.270. The maximum atomic E-state index is 5.48. The second-order valence-electron chi connectivity index (χ2n) is 2.92. The van der Waals surface area contributed by atoms with Gasteiger partial charge in [-0.3, -0.25) is 0 Å². The van der Waals surface area contributed by atoms with Crippen LogP contribution >= 0.6 is 11.8 Å². The van der Waals surface area contributed by atoms with Gasteiger partial charge in [0.05, 0.1) is 6.10 Å². The van der Waals surface area contributed by atoms with Crippen molar-refractivity contribution in [2.45, 2.75) is 20.0 Å². The van der Waals surface area contributed by atoms with Gasteiger partial charge >= 0.3 is 0 Å². The molecule has 68 valence electrons. The van der Waals surface area contributed by atoms with E-state index in [1.165, 1.54) is 0 Å². The third kappa shape index (κ3) is 6.66. The molecule has 0 aromatic rings. The molecule has 0 aliphatic heterocycles. The molecule has 0 saturated carbocycles. The van der Waals surface area contributed by atoms with Crippen molar-refractivity contribution in [3.63, 3.8) is 0 Å². The quantitative estimate of drug-likeness (QED) is 0.665. The Labute approximate surface area is 73.9 Å². The molecule has 0 fully saturated rings. The molecule has 0 amide bonds. The Morgan fingerprint density at radius 1 is 1.36 bits per heavy atom. The van der Waals surface area contributed by atoms with E-state index < -0.39 is 0 Å². The maximum absolute atomic E-state index is 5.48. The molecule has 0 heterocycles. The van der Waals surface area contributed by atoms with Crippen LogP contribution in [0.1, 0.15) is 13.8 Å². The molecule has 0 aromatic heterocycles. The molecule has 3 heteroatoms. The van der Waals surface area contributed by atoms with E-state index in [9.17, 15) is 0 Å². The van der Waals surface area contributed by atoms with Crippen LogP contribution in [-0.4, -0.2) is 31.3 Å². The molecule has 0 aliphatic rings. The summed E-state index contributed by atoms with van der Waals surface area (Å²) in [7, 11) is 1.75. The van der Waals surface area contributed by atoms with Crippen molar-refractivity contribution in [1.29, 1.82) is 0 Å². The molecular formula is C8H19NOS. The van der Waals surface area contributed by atoms with Crippen molar-refractivity contribution in [3.8, 4) is 0 Å². The normalized spacial score (nSPS) is 16.4. The molecule has 0 bridgehead atoms. The van der Waals surface area contributed by atoms with Crippen LogP contribution < -0.4 is 5.73 Å². The van der Waals surface area contributed by atoms with Gasteiger partial charge in [0.2, 0.25) is 0 Å². The zero-order valence-corrected chi connectivity index (χ0v) is 8.49. The van der Waals surface area contributed by atoms with E-state index in [1.54, 1.807) is 7.11 Å². The number of methoxy groups -OCH3 is 1. The van der Waals surface area contributed by atoms with Gasteiger partial charge in [-0.15, -0.1) is 0 Å². The third-order valence-electron chi connectivity index (χ3n) is 1.56. The summed E-state index contributed by atoms with van der Waals surface area (Å²) in [5.74, 6) is 2.84. The first-order valence-electron chi connectivity index (χ1n) is 4.01. The molecular weight excluding hydrogens is 158 g/mol. The van der Waals surface area contributed by atoms with E-state index in [0.717, 1.165) is 18.1 Å². The highest BCUT2D eigenvalue weighted by Crippen LogP contribution is 2.09. The highest BCUT2D eigenvalue weighted by atomic mass is 32.2. The summed E-state index contributed by atoms with van der Waals surface area (Å²) in [5, 5.41) is 0. The lowest BCUT2D eigenvalue weighted by Crippen LogP contribution is -2.15. The highest BCUT2D eigenvalue weighted by Gasteiger charge is 2.02. The Morgan fingerprint density at radius 3 is 2.45 bits per heavy atom. The minimum absolute atomic E-state index is 0.366. The van der Waals surface area contributed by atoms with Crippen LogP contribution in [0, 0.1) is 5.92 Å². The largest absolute Gasteiger partial charge is 0.381 e. The zero-order valence-electron chi connectivity index (χ0n) is 7.67. The topological polar surface area (TPSA) is 35.2 Å². The minimum Gasteiger partial charge on any atom is -0.381 e. The monoisotopic (exact) mass is 177 g/mol. The predicted octanol–water partition coefficient (Wildman–Crippen LogP) is 1.35. The Morgan fingerprint density at radius 2 is 2.00 bits per heavy atom. The van der Waals surface area contributed by atoms with Crippen LogP contribution in [0.4, 0.5) is 0 Å². The molecule has 0 rings (SSSR count). The van der Waals surface area contributed by atoms with E-state index in [4.69, 9.17) is 10.5 Å². The van der Waals surface area contributed by atoms with Crippen molar-refractivity contribution in [3.05, 3.63) is 0 Å². The van der Waals surface area contributed by atoms with Crippen molar-refractivity contribution >= 4 is 11.8 Å². The molecule has 0 radical (unpaired) electrons. The third-order valence-corrected chi connectivity index (χ3v) is 3.07. The van der Waals surface area contributed by atoms with Gasteiger partial charge in [0.25, 0.3) is 0 Å². The summed E-state index contributed by atoms with van der Waals surface area (Å²) in [4.78, 5) is 0. The van der Waals surface area contributed by atoms with Crippen LogP contribution in [-0.2, 0) is 4.74 Å². The molecule has 11 heavy (non-hydrogen) atoms. The van der Waals surface area contributed by atoms with Gasteiger partial charge < -0.3 is 10.5 Å². The lowest BCUT2D eigenvalue weighted by Gasteiger charge is -2.11. The summed E-state index contributed by atoms with van der Waals surface area (Å²) < 4.78 is 5.11. The highest BCUT2D eigenvalue weighted by molar-refractivity contribution is 7.99. The fourth-order valence-corrected chi connectivity index (χ4v) is 1.71. The first kappa shape index (κ1) is 11.3. The standard InChI is InChI=1S/C8H19NOS/c1-7(4-9)5-11-6-8(2)10-3/h7-8H,4-6,9H2,1-3H3. The molecule has 2 nitrogen and oxygen atoms in total. The zero-order chi connectivity index (χ0) is 8.69. The second kappa shape index (κ2) is 6.95. The Balaban J connectivity index is 3.13. The van der Waals surface area contributed by atoms with Gasteiger partial charge in [-0.2, -0.15) is 11.8 Å². The number of hydrogen-bond acceptors (Lipinski definition) is 3. The summed E-state index contributed by atoms with van der Waals surface area (Å²) >= 11 is 1.91. The maximum Gasteiger partial charge on any atom is 0.0633 e. The molecule has 2 N–H and O–H groups in total. The van der Waals surface area contributed by atoms with Crippen LogP contribution in [0.15, 0.2) is 0 Å². The SMILES string of the molecule is COC(C)CSCC(C)CN. The summed E-state index contributed by atoms with van der Waals surface area (Å²) in [5.41, 5.74) is 5.48. The summed E-state index contributed by atoms with van der Waals surface area (Å²) in [6, 6.07) is 0. The lowest BCUT2D eigenvalue weighted by molar-refractivity contribution is 0.138. The van der Waals surface area contributed by atoms with Gasteiger partial charge in [0, 0.05) is 12.9 Å². The van der Waals surface area contributed by atoms with E-state index in [0.29, 0.717) is 12.0 Å². The summed E-state index contributed by atoms with van der Waals surface area (Å²) in [6.45, 7) is 5.04. The minimum atomic E-state index is 0.366. The van der Waals surface area contributed by atoms with Crippen molar-refractivity contribution in [1.82, 2.24) is 0 Å². The average molecular weight is 177 g/mol. The number of rotatable bonds is 6. The van der Waals surface area contributed by atoms with Crippen LogP contribution in [0.3, 0.4) is 0 Å². The molecule has 0 spiro atoms. The molecule has 0 aromatic carbocycles. The van der Waals surface area contributed by atoms with Gasteiger partial charge in [0.1, 0.15) is 0 Å². The van der Waals surface area contributed by atoms with E-state index in [-0.39, 0.29) is 0 Å². The Kier molecular flexibility index (Phi) is 7.12. The second-order valence-corrected chi connectivity index (χ2v) is 4.00. The molecule has 0 saturated heterocycles. The first-order valence-corrected chi connectivity index (χ1v) is 5.16. The van der Waals surface area contributed by atoms with E-state index in [2.05, 4.69) is 13.8 Å². The van der Waals surface area contributed by atoms with Gasteiger partial charge in [-0.05, 0) is 25.1 Å². The van der Waals surface area contributed by atoms with Crippen molar-refractivity contribution in [2.75, 3.05) is 25.2 Å². The number of hydrogen-bond donors (Lipinski definition) is 1. The van der Waals surface area contributed by atoms with E-state index in [1.807, 2.05) is 11.8 Å². The van der Waals surface area contributed by atoms with Gasteiger partial charge in [-0.1, -0.05) is 6.92 Å². The smallest absolute Gasteiger partial charge is 0.0633 e. The Bertz CT molecular complexity index is 80.2. The molecule has 0 aliphatic carbocycles. The first-order chi connectivity index (χ1) is 5.20. The molecule has 2 atom stereocenters. The van der Waals surface area contributed by atoms with Crippen LogP contribution in [0.25, 0.3) is 0 Å². The van der Waals surface area contributed by atoms with Crippen molar-refractivity contribution < 1.29 is 4.74 Å². The van der Waals surface area contributed by atoms with Crippen LogP contribution in [0.2, 0.25) is 0 Å². The van der Waals surface area contributed by atoms with E-state index >= 15 is 0 Å². The average Bonchev–Trinajstić information content (AvgIpc) is 2.04. The predicted molar refractivity (Wildman–Crippen MR) is 52.0 cm³/mol. The fourth-order valence-electron chi connectivity index (χ4n) is 0.571. The number of ether oxygens (including phenoxy) is 1. The van der Waals surface area contributed by atoms with Gasteiger partial charge in [-0.25, -0.2) is 0 Å². The number of nitrogens with two attached hydrogens (primary N) is 1. The van der Waals surface area contributed by atoms with Crippen LogP contribution in [0.5, 0.6) is 0 Å². The fraction of sp³-hybridized carbons (Fsp3) is 1.00. The molecule has 2 unspecified atom stereocenters. The van der Waals surface area contributed by atoms with Crippen molar-refractivity contribution in [2.24, 2.45) is 11.7 Å². The lowest BCUT2D eigenvalue weighted by atomic mass is 10.2. The number of thioether (sulfide) groups is 1.